The van der Waals surface area contributed by atoms with Crippen LogP contribution in [-0.4, -0.2) is 16.5 Å². The molecule has 0 aliphatic heterocycles. The lowest BCUT2D eigenvalue weighted by molar-refractivity contribution is -0.137. The van der Waals surface area contributed by atoms with Crippen LogP contribution >= 0.6 is 34.9 Å². The van der Waals surface area contributed by atoms with E-state index in [2.05, 4.69) is 10.2 Å². The van der Waals surface area contributed by atoms with Gasteiger partial charge in [-0.05, 0) is 24.5 Å². The number of halogens is 3. The summed E-state index contributed by atoms with van der Waals surface area (Å²) in [6, 6.07) is 3.82. The summed E-state index contributed by atoms with van der Waals surface area (Å²) in [5.41, 5.74) is 4.23. The summed E-state index contributed by atoms with van der Waals surface area (Å²) in [4.78, 5) is 0.435. The third-order valence-electron chi connectivity index (χ3n) is 2.10. The molecule has 0 aliphatic carbocycles. The van der Waals surface area contributed by atoms with Crippen LogP contribution < -0.4 is 5.73 Å². The van der Waals surface area contributed by atoms with Crippen LogP contribution in [0.1, 0.15) is 5.56 Å². The number of nitrogens with zero attached hydrogens (tertiary/aromatic N) is 2. The molecular formula is C10H8F3N3S3. The molecule has 9 heteroatoms. The molecule has 0 spiro atoms. The average molecular weight is 323 g/mol. The molecule has 2 N–H and O–H groups in total. The Labute approximate surface area is 119 Å². The van der Waals surface area contributed by atoms with Gasteiger partial charge in [-0.25, -0.2) is 0 Å². The van der Waals surface area contributed by atoms with Gasteiger partial charge in [0.1, 0.15) is 0 Å². The van der Waals surface area contributed by atoms with E-state index in [1.807, 2.05) is 6.26 Å². The minimum atomic E-state index is -4.45. The number of benzene rings is 1. The van der Waals surface area contributed by atoms with Crippen LogP contribution in [0.15, 0.2) is 31.8 Å². The number of rotatable bonds is 3. The summed E-state index contributed by atoms with van der Waals surface area (Å²) in [7, 11) is 0. The van der Waals surface area contributed by atoms with Crippen molar-refractivity contribution in [2.24, 2.45) is 0 Å². The van der Waals surface area contributed by atoms with Crippen LogP contribution in [0.25, 0.3) is 0 Å². The number of nitrogen functional groups attached to an aromatic ring is 1. The van der Waals surface area contributed by atoms with E-state index in [9.17, 15) is 13.2 Å². The summed E-state index contributed by atoms with van der Waals surface area (Å²) >= 11 is 3.92. The van der Waals surface area contributed by atoms with E-state index in [-0.39, 0.29) is 5.69 Å². The maximum Gasteiger partial charge on any atom is 0.418 e. The molecule has 0 saturated carbocycles. The van der Waals surface area contributed by atoms with Gasteiger partial charge in [0.05, 0.1) is 5.56 Å². The zero-order chi connectivity index (χ0) is 14.0. The van der Waals surface area contributed by atoms with Crippen molar-refractivity contribution in [2.75, 3.05) is 12.0 Å². The smallest absolute Gasteiger partial charge is 0.398 e. The topological polar surface area (TPSA) is 51.8 Å². The van der Waals surface area contributed by atoms with Crippen LogP contribution in [0.3, 0.4) is 0 Å². The van der Waals surface area contributed by atoms with Gasteiger partial charge in [-0.1, -0.05) is 34.9 Å². The molecule has 0 saturated heterocycles. The van der Waals surface area contributed by atoms with E-state index in [0.29, 0.717) is 9.24 Å². The van der Waals surface area contributed by atoms with Crippen molar-refractivity contribution < 1.29 is 13.2 Å². The van der Waals surface area contributed by atoms with Gasteiger partial charge in [0.25, 0.3) is 0 Å². The van der Waals surface area contributed by atoms with E-state index >= 15 is 0 Å². The summed E-state index contributed by atoms with van der Waals surface area (Å²) in [6.45, 7) is 0. The Kier molecular flexibility index (Phi) is 4.26. The van der Waals surface area contributed by atoms with E-state index in [1.165, 1.54) is 35.2 Å². The molecule has 0 unspecified atom stereocenters. The lowest BCUT2D eigenvalue weighted by Crippen LogP contribution is -2.08. The highest BCUT2D eigenvalue weighted by atomic mass is 32.2. The summed E-state index contributed by atoms with van der Waals surface area (Å²) < 4.78 is 39.5. The Morgan fingerprint density at radius 1 is 1.21 bits per heavy atom. The predicted molar refractivity (Wildman–Crippen MR) is 71.7 cm³/mol. The number of nitrogens with two attached hydrogens (primary N) is 1. The molecule has 1 aromatic carbocycles. The highest BCUT2D eigenvalue weighted by Gasteiger charge is 2.33. The summed E-state index contributed by atoms with van der Waals surface area (Å²) in [5.74, 6) is 0. The number of anilines is 1. The minimum Gasteiger partial charge on any atom is -0.398 e. The van der Waals surface area contributed by atoms with Gasteiger partial charge < -0.3 is 5.73 Å². The van der Waals surface area contributed by atoms with Gasteiger partial charge in [-0.15, -0.1) is 10.2 Å². The Morgan fingerprint density at radius 2 is 1.89 bits per heavy atom. The third kappa shape index (κ3) is 3.54. The van der Waals surface area contributed by atoms with E-state index < -0.39 is 11.7 Å². The second-order valence-corrected chi connectivity index (χ2v) is 6.74. The molecule has 2 aromatic rings. The van der Waals surface area contributed by atoms with Crippen LogP contribution in [-0.2, 0) is 6.18 Å². The van der Waals surface area contributed by atoms with E-state index in [4.69, 9.17) is 5.73 Å². The van der Waals surface area contributed by atoms with E-state index in [0.717, 1.165) is 22.2 Å². The second kappa shape index (κ2) is 5.59. The Bertz CT molecular complexity index is 583. The molecule has 3 nitrogen and oxygen atoms in total. The number of hydrogen-bond donors (Lipinski definition) is 1. The normalized spacial score (nSPS) is 11.8. The molecule has 1 aromatic heterocycles. The lowest BCUT2D eigenvalue weighted by atomic mass is 10.2. The number of hydrogen-bond acceptors (Lipinski definition) is 6. The van der Waals surface area contributed by atoms with Crippen molar-refractivity contribution in [2.45, 2.75) is 19.8 Å². The first-order valence-electron chi connectivity index (χ1n) is 4.92. The van der Waals surface area contributed by atoms with Crippen molar-refractivity contribution in [1.82, 2.24) is 10.2 Å². The zero-order valence-electron chi connectivity index (χ0n) is 9.56. The van der Waals surface area contributed by atoms with Crippen LogP contribution in [0.4, 0.5) is 18.9 Å². The fourth-order valence-electron chi connectivity index (χ4n) is 1.27. The number of alkyl halides is 3. The molecule has 0 amide bonds. The molecule has 19 heavy (non-hydrogen) atoms. The fraction of sp³-hybridized carbons (Fsp3) is 0.200. The van der Waals surface area contributed by atoms with Crippen LogP contribution in [0.5, 0.6) is 0 Å². The maximum absolute atomic E-state index is 12.7. The Morgan fingerprint density at radius 3 is 2.47 bits per heavy atom. The standard InChI is InChI=1S/C10H8F3N3S3/c1-17-8-15-16-9(19-8)18-5-2-3-7(14)6(4-5)10(11,12)13/h2-4H,14H2,1H3. The zero-order valence-corrected chi connectivity index (χ0v) is 12.0. The first kappa shape index (κ1) is 14.5. The average Bonchev–Trinajstić information content (AvgIpc) is 2.78. The molecule has 0 bridgehead atoms. The Hall–Kier alpha value is -0.930. The maximum atomic E-state index is 12.7. The summed E-state index contributed by atoms with van der Waals surface area (Å²) in [5, 5.41) is 7.78. The first-order valence-corrected chi connectivity index (χ1v) is 7.78. The number of thioether (sulfide) groups is 1. The van der Waals surface area contributed by atoms with Crippen molar-refractivity contribution in [3.05, 3.63) is 23.8 Å². The van der Waals surface area contributed by atoms with Gasteiger partial charge >= 0.3 is 6.18 Å². The molecule has 0 aliphatic rings. The molecule has 0 fully saturated rings. The molecule has 0 radical (unpaired) electrons. The van der Waals surface area contributed by atoms with E-state index in [1.54, 1.807) is 0 Å². The summed E-state index contributed by atoms with van der Waals surface area (Å²) in [6.07, 6.45) is -2.59. The molecule has 1 heterocycles. The molecule has 102 valence electrons. The van der Waals surface area contributed by atoms with Gasteiger partial charge in [-0.3, -0.25) is 0 Å². The van der Waals surface area contributed by atoms with Crippen LogP contribution in [0, 0.1) is 0 Å². The largest absolute Gasteiger partial charge is 0.418 e. The predicted octanol–water partition coefficient (Wildman–Crippen LogP) is 4.01. The van der Waals surface area contributed by atoms with Crippen LogP contribution in [0.2, 0.25) is 0 Å². The molecule has 2 rings (SSSR count). The SMILES string of the molecule is CSc1nnc(Sc2ccc(N)c(C(F)(F)F)c2)s1. The monoisotopic (exact) mass is 323 g/mol. The van der Waals surface area contributed by atoms with Gasteiger partial charge in [0.2, 0.25) is 0 Å². The molecule has 0 atom stereocenters. The Balaban J connectivity index is 2.26. The number of aromatic nitrogens is 2. The highest BCUT2D eigenvalue weighted by molar-refractivity contribution is 8.03. The van der Waals surface area contributed by atoms with Crippen molar-refractivity contribution >= 4 is 40.5 Å². The van der Waals surface area contributed by atoms with Gasteiger partial charge in [0.15, 0.2) is 8.68 Å². The first-order chi connectivity index (χ1) is 8.90. The lowest BCUT2D eigenvalue weighted by Gasteiger charge is -2.10. The molecular weight excluding hydrogens is 315 g/mol. The van der Waals surface area contributed by atoms with Gasteiger partial charge in [-0.2, -0.15) is 13.2 Å². The van der Waals surface area contributed by atoms with Gasteiger partial charge in [0, 0.05) is 10.6 Å². The minimum absolute atomic E-state index is 0.279. The van der Waals surface area contributed by atoms with Crippen molar-refractivity contribution in [1.29, 1.82) is 0 Å². The quantitative estimate of drug-likeness (QED) is 0.683. The van der Waals surface area contributed by atoms with Crippen molar-refractivity contribution in [3.8, 4) is 0 Å². The third-order valence-corrected chi connectivity index (χ3v) is 5.04. The fourth-order valence-corrected chi connectivity index (χ4v) is 3.72. The second-order valence-electron chi connectivity index (χ2n) is 3.39. The van der Waals surface area contributed by atoms with Crippen molar-refractivity contribution in [3.63, 3.8) is 0 Å². The highest BCUT2D eigenvalue weighted by Crippen LogP contribution is 2.38.